The fraction of sp³-hybridized carbons (Fsp3) is 0.889. The molecule has 1 rings (SSSR count). The van der Waals surface area contributed by atoms with Crippen LogP contribution < -0.4 is 5.32 Å². The Bertz CT molecular complexity index is 189. The van der Waals surface area contributed by atoms with Crippen molar-refractivity contribution in [2.75, 3.05) is 13.2 Å². The number of piperidine rings is 1. The number of nitrogens with one attached hydrogen (secondary N) is 1. The van der Waals surface area contributed by atoms with Crippen LogP contribution in [0.3, 0.4) is 0 Å². The number of carbonyl (C=O) groups is 1. The number of hydrogen-bond acceptors (Lipinski definition) is 4. The highest BCUT2D eigenvalue weighted by molar-refractivity contribution is 5.85. The van der Waals surface area contributed by atoms with Gasteiger partial charge in [0.15, 0.2) is 0 Å². The second-order valence-electron chi connectivity index (χ2n) is 3.44. The van der Waals surface area contributed by atoms with Gasteiger partial charge in [0, 0.05) is 12.6 Å². The van der Waals surface area contributed by atoms with Crippen molar-refractivity contribution in [2.24, 2.45) is 5.92 Å². The van der Waals surface area contributed by atoms with Crippen molar-refractivity contribution in [3.63, 3.8) is 0 Å². The Hall–Kier alpha value is -0.320. The molecule has 3 unspecified atom stereocenters. The molecule has 1 saturated heterocycles. The van der Waals surface area contributed by atoms with E-state index in [1.807, 2.05) is 6.92 Å². The summed E-state index contributed by atoms with van der Waals surface area (Å²) in [7, 11) is 0. The summed E-state index contributed by atoms with van der Waals surface area (Å²) in [5, 5.41) is 12.4. The minimum absolute atomic E-state index is 0. The van der Waals surface area contributed by atoms with Gasteiger partial charge in [0.25, 0.3) is 0 Å². The molecule has 0 radical (unpaired) electrons. The molecule has 0 spiro atoms. The summed E-state index contributed by atoms with van der Waals surface area (Å²) >= 11 is 0. The Morgan fingerprint density at radius 3 is 2.86 bits per heavy atom. The largest absolute Gasteiger partial charge is 0.466 e. The van der Waals surface area contributed by atoms with Crippen molar-refractivity contribution in [2.45, 2.75) is 32.4 Å². The van der Waals surface area contributed by atoms with Crippen LogP contribution in [-0.4, -0.2) is 36.4 Å². The number of esters is 1. The van der Waals surface area contributed by atoms with Crippen LogP contribution in [0.25, 0.3) is 0 Å². The van der Waals surface area contributed by atoms with Crippen LogP contribution in [0.2, 0.25) is 0 Å². The lowest BCUT2D eigenvalue weighted by molar-refractivity contribution is -0.151. The molecule has 3 atom stereocenters. The van der Waals surface area contributed by atoms with Crippen LogP contribution in [-0.2, 0) is 9.53 Å². The zero-order valence-electron chi connectivity index (χ0n) is 8.53. The quantitative estimate of drug-likeness (QED) is 0.663. The molecule has 0 aliphatic carbocycles. The first-order valence-electron chi connectivity index (χ1n) is 4.73. The van der Waals surface area contributed by atoms with Gasteiger partial charge in [0.1, 0.15) is 0 Å². The Morgan fingerprint density at radius 2 is 2.29 bits per heavy atom. The first-order chi connectivity index (χ1) is 6.15. The predicted octanol–water partition coefficient (Wildman–Crippen LogP) is 0.330. The molecular formula is C9H18ClNO3. The number of aliphatic hydroxyl groups is 1. The Balaban J connectivity index is 0.00000169. The third-order valence-corrected chi connectivity index (χ3v) is 2.39. The van der Waals surface area contributed by atoms with Gasteiger partial charge >= 0.3 is 5.97 Å². The average Bonchev–Trinajstić information content (AvgIpc) is 2.09. The normalized spacial score (nSPS) is 31.8. The highest BCUT2D eigenvalue weighted by atomic mass is 35.5. The van der Waals surface area contributed by atoms with E-state index >= 15 is 0 Å². The predicted molar refractivity (Wildman–Crippen MR) is 55.5 cm³/mol. The van der Waals surface area contributed by atoms with E-state index in [9.17, 15) is 9.90 Å². The molecule has 14 heavy (non-hydrogen) atoms. The van der Waals surface area contributed by atoms with Crippen LogP contribution in [0.5, 0.6) is 0 Å². The van der Waals surface area contributed by atoms with E-state index in [0.717, 1.165) is 0 Å². The standard InChI is InChI=1S/C9H17NO3.ClH/c1-3-13-9(12)8-4-7(11)5-10-6(8)2;/h6-8,10-11H,3-5H2,1-2H3;1H. The zero-order valence-corrected chi connectivity index (χ0v) is 9.34. The number of carbonyl (C=O) groups excluding carboxylic acids is 1. The molecule has 1 heterocycles. The molecule has 0 amide bonds. The number of hydrogen-bond donors (Lipinski definition) is 2. The molecular weight excluding hydrogens is 206 g/mol. The number of β-amino-alcohol motifs (C(OH)–C–C–N with tert-alkyl or cyclic N) is 1. The van der Waals surface area contributed by atoms with Crippen LogP contribution in [0.15, 0.2) is 0 Å². The highest BCUT2D eigenvalue weighted by Crippen LogP contribution is 2.18. The molecule has 4 nitrogen and oxygen atoms in total. The van der Waals surface area contributed by atoms with Gasteiger partial charge in [0.05, 0.1) is 18.6 Å². The van der Waals surface area contributed by atoms with Crippen LogP contribution in [0.1, 0.15) is 20.3 Å². The number of aliphatic hydroxyl groups excluding tert-OH is 1. The lowest BCUT2D eigenvalue weighted by atomic mass is 9.90. The smallest absolute Gasteiger partial charge is 0.310 e. The summed E-state index contributed by atoms with van der Waals surface area (Å²) in [6.45, 7) is 4.69. The minimum atomic E-state index is -0.425. The number of rotatable bonds is 2. The Kier molecular flexibility index (Phi) is 6.08. The van der Waals surface area contributed by atoms with Crippen molar-refractivity contribution in [3.8, 4) is 0 Å². The summed E-state index contributed by atoms with van der Waals surface area (Å²) in [4.78, 5) is 11.4. The van der Waals surface area contributed by atoms with Crippen LogP contribution in [0.4, 0.5) is 0 Å². The van der Waals surface area contributed by atoms with Crippen molar-refractivity contribution in [1.29, 1.82) is 0 Å². The summed E-state index contributed by atoms with van der Waals surface area (Å²) in [6, 6.07) is 0.0995. The topological polar surface area (TPSA) is 58.6 Å². The lowest BCUT2D eigenvalue weighted by Gasteiger charge is -2.31. The van der Waals surface area contributed by atoms with E-state index < -0.39 is 6.10 Å². The maximum Gasteiger partial charge on any atom is 0.310 e. The molecule has 1 aliphatic heterocycles. The summed E-state index contributed by atoms with van der Waals surface area (Å²) in [5.74, 6) is -0.412. The average molecular weight is 224 g/mol. The maximum atomic E-state index is 11.4. The van der Waals surface area contributed by atoms with Gasteiger partial charge in [0.2, 0.25) is 0 Å². The molecule has 2 N–H and O–H groups in total. The van der Waals surface area contributed by atoms with Gasteiger partial charge < -0.3 is 15.2 Å². The molecule has 1 fully saturated rings. The Labute approximate surface area is 90.4 Å². The third kappa shape index (κ3) is 3.44. The summed E-state index contributed by atoms with van der Waals surface area (Å²) in [6.07, 6.45) is 0.0816. The van der Waals surface area contributed by atoms with Gasteiger partial charge in [-0.3, -0.25) is 4.79 Å². The molecule has 0 aromatic heterocycles. The molecule has 84 valence electrons. The van der Waals surface area contributed by atoms with Crippen molar-refractivity contribution >= 4 is 18.4 Å². The monoisotopic (exact) mass is 223 g/mol. The third-order valence-electron chi connectivity index (χ3n) is 2.39. The van der Waals surface area contributed by atoms with Crippen molar-refractivity contribution < 1.29 is 14.6 Å². The number of ether oxygens (including phenoxy) is 1. The van der Waals surface area contributed by atoms with Crippen LogP contribution in [0, 0.1) is 5.92 Å². The molecule has 1 aliphatic rings. The van der Waals surface area contributed by atoms with E-state index in [1.54, 1.807) is 6.92 Å². The molecule has 5 heteroatoms. The molecule has 0 aromatic rings. The van der Waals surface area contributed by atoms with E-state index in [0.29, 0.717) is 19.6 Å². The first kappa shape index (κ1) is 13.7. The SMILES string of the molecule is CCOC(=O)C1CC(O)CNC1C.Cl. The van der Waals surface area contributed by atoms with E-state index in [4.69, 9.17) is 4.74 Å². The second-order valence-corrected chi connectivity index (χ2v) is 3.44. The number of halogens is 1. The fourth-order valence-corrected chi connectivity index (χ4v) is 1.59. The fourth-order valence-electron chi connectivity index (χ4n) is 1.59. The van der Waals surface area contributed by atoms with Gasteiger partial charge in [-0.2, -0.15) is 0 Å². The minimum Gasteiger partial charge on any atom is -0.466 e. The lowest BCUT2D eigenvalue weighted by Crippen LogP contribution is -2.49. The van der Waals surface area contributed by atoms with Gasteiger partial charge in [-0.05, 0) is 20.3 Å². The van der Waals surface area contributed by atoms with Crippen molar-refractivity contribution in [3.05, 3.63) is 0 Å². The first-order valence-corrected chi connectivity index (χ1v) is 4.73. The van der Waals surface area contributed by atoms with E-state index in [2.05, 4.69) is 5.32 Å². The summed E-state index contributed by atoms with van der Waals surface area (Å²) < 4.78 is 4.91. The second kappa shape index (κ2) is 6.22. The maximum absolute atomic E-state index is 11.4. The molecule has 0 aromatic carbocycles. The van der Waals surface area contributed by atoms with Gasteiger partial charge in [-0.1, -0.05) is 0 Å². The van der Waals surface area contributed by atoms with Gasteiger partial charge in [-0.25, -0.2) is 0 Å². The van der Waals surface area contributed by atoms with E-state index in [1.165, 1.54) is 0 Å². The molecule has 0 bridgehead atoms. The zero-order chi connectivity index (χ0) is 9.84. The summed E-state index contributed by atoms with van der Waals surface area (Å²) in [5.41, 5.74) is 0. The van der Waals surface area contributed by atoms with Crippen LogP contribution >= 0.6 is 12.4 Å². The van der Waals surface area contributed by atoms with Crippen molar-refractivity contribution in [1.82, 2.24) is 5.32 Å². The van der Waals surface area contributed by atoms with E-state index in [-0.39, 0.29) is 30.3 Å². The highest BCUT2D eigenvalue weighted by Gasteiger charge is 2.32. The van der Waals surface area contributed by atoms with Gasteiger partial charge in [-0.15, -0.1) is 12.4 Å². The Morgan fingerprint density at radius 1 is 1.64 bits per heavy atom. The molecule has 0 saturated carbocycles.